The highest BCUT2D eigenvalue weighted by Crippen LogP contribution is 2.21. The molecule has 0 bridgehead atoms. The van der Waals surface area contributed by atoms with Crippen LogP contribution in [0.5, 0.6) is 0 Å². The number of ether oxygens (including phenoxy) is 2. The lowest BCUT2D eigenvalue weighted by Crippen LogP contribution is -2.19. The number of esters is 1. The molecule has 4 nitrogen and oxygen atoms in total. The Labute approximate surface area is 117 Å². The second-order valence-electron chi connectivity index (χ2n) is 5.12. The number of pyridine rings is 1. The maximum absolute atomic E-state index is 12.2. The Morgan fingerprint density at radius 2 is 2.25 bits per heavy atom. The van der Waals surface area contributed by atoms with Crippen molar-refractivity contribution in [2.45, 2.75) is 32.0 Å². The molecule has 0 spiro atoms. The van der Waals surface area contributed by atoms with Crippen molar-refractivity contribution < 1.29 is 14.3 Å². The number of rotatable bonds is 3. The molecule has 1 aromatic carbocycles. The molecule has 3 rings (SSSR count). The van der Waals surface area contributed by atoms with Gasteiger partial charge >= 0.3 is 5.97 Å². The maximum Gasteiger partial charge on any atom is 0.338 e. The summed E-state index contributed by atoms with van der Waals surface area (Å²) in [6.07, 6.45) is 3.99. The summed E-state index contributed by atoms with van der Waals surface area (Å²) in [5.41, 5.74) is 1.36. The molecule has 104 valence electrons. The molecule has 4 heteroatoms. The number of aromatic nitrogens is 1. The van der Waals surface area contributed by atoms with Crippen molar-refractivity contribution >= 4 is 16.9 Å². The van der Waals surface area contributed by atoms with Gasteiger partial charge in [-0.05, 0) is 38.0 Å². The SMILES string of the molecule is C[C@H]1CC[C@H](COC(=O)c2cccc3ncccc23)O1. The van der Waals surface area contributed by atoms with Gasteiger partial charge in [0.1, 0.15) is 6.61 Å². The zero-order valence-electron chi connectivity index (χ0n) is 11.4. The fraction of sp³-hybridized carbons (Fsp3) is 0.375. The Morgan fingerprint density at radius 1 is 1.35 bits per heavy atom. The van der Waals surface area contributed by atoms with Crippen LogP contribution >= 0.6 is 0 Å². The standard InChI is InChI=1S/C16H17NO3/c1-11-7-8-12(20-11)10-19-16(18)14-4-2-6-15-13(14)5-3-9-17-15/h2-6,9,11-12H,7-8,10H2,1H3/t11-,12+/m0/s1. The molecule has 0 amide bonds. The van der Waals surface area contributed by atoms with Crippen LogP contribution < -0.4 is 0 Å². The molecule has 1 fully saturated rings. The third-order valence-corrected chi connectivity index (χ3v) is 3.59. The Balaban J connectivity index is 1.72. The van der Waals surface area contributed by atoms with Gasteiger partial charge in [0.05, 0.1) is 23.3 Å². The third kappa shape index (κ3) is 2.65. The van der Waals surface area contributed by atoms with Crippen LogP contribution in [0, 0.1) is 0 Å². The summed E-state index contributed by atoms with van der Waals surface area (Å²) >= 11 is 0. The van der Waals surface area contributed by atoms with Gasteiger partial charge in [0.2, 0.25) is 0 Å². The Morgan fingerprint density at radius 3 is 3.05 bits per heavy atom. The van der Waals surface area contributed by atoms with E-state index in [0.29, 0.717) is 12.2 Å². The number of benzene rings is 1. The van der Waals surface area contributed by atoms with Gasteiger partial charge in [0.15, 0.2) is 0 Å². The van der Waals surface area contributed by atoms with Crippen molar-refractivity contribution in [3.63, 3.8) is 0 Å². The van der Waals surface area contributed by atoms with Gasteiger partial charge in [-0.1, -0.05) is 12.1 Å². The number of fused-ring (bicyclic) bond motifs is 1. The predicted molar refractivity (Wildman–Crippen MR) is 75.6 cm³/mol. The first kappa shape index (κ1) is 13.1. The highest BCUT2D eigenvalue weighted by Gasteiger charge is 2.23. The molecule has 1 aromatic heterocycles. The average Bonchev–Trinajstić information content (AvgIpc) is 2.90. The number of hydrogen-bond acceptors (Lipinski definition) is 4. The molecule has 2 aromatic rings. The fourth-order valence-electron chi connectivity index (χ4n) is 2.54. The molecule has 0 N–H and O–H groups in total. The molecule has 2 heterocycles. The molecular weight excluding hydrogens is 254 g/mol. The summed E-state index contributed by atoms with van der Waals surface area (Å²) in [6, 6.07) is 9.17. The number of carbonyl (C=O) groups excluding carboxylic acids is 1. The predicted octanol–water partition coefficient (Wildman–Crippen LogP) is 2.96. The topological polar surface area (TPSA) is 48.4 Å². The minimum Gasteiger partial charge on any atom is -0.459 e. The van der Waals surface area contributed by atoms with Crippen LogP contribution in [0.2, 0.25) is 0 Å². The van der Waals surface area contributed by atoms with E-state index in [2.05, 4.69) is 4.98 Å². The normalized spacial score (nSPS) is 22.1. The van der Waals surface area contributed by atoms with E-state index in [1.54, 1.807) is 12.3 Å². The third-order valence-electron chi connectivity index (χ3n) is 3.59. The van der Waals surface area contributed by atoms with E-state index in [9.17, 15) is 4.79 Å². The number of nitrogens with zero attached hydrogens (tertiary/aromatic N) is 1. The van der Waals surface area contributed by atoms with Crippen LogP contribution in [0.15, 0.2) is 36.5 Å². The van der Waals surface area contributed by atoms with Gasteiger partial charge in [-0.3, -0.25) is 4.98 Å². The van der Waals surface area contributed by atoms with E-state index < -0.39 is 0 Å². The molecule has 0 unspecified atom stereocenters. The van der Waals surface area contributed by atoms with Gasteiger partial charge < -0.3 is 9.47 Å². The lowest BCUT2D eigenvalue weighted by Gasteiger charge is -2.12. The maximum atomic E-state index is 12.2. The summed E-state index contributed by atoms with van der Waals surface area (Å²) in [5, 5.41) is 0.820. The molecule has 1 aliphatic heterocycles. The Bertz CT molecular complexity index is 621. The van der Waals surface area contributed by atoms with Crippen LogP contribution in [0.25, 0.3) is 10.9 Å². The second-order valence-corrected chi connectivity index (χ2v) is 5.12. The van der Waals surface area contributed by atoms with Crippen molar-refractivity contribution in [2.75, 3.05) is 6.61 Å². The zero-order valence-corrected chi connectivity index (χ0v) is 11.4. The van der Waals surface area contributed by atoms with Crippen molar-refractivity contribution in [3.05, 3.63) is 42.1 Å². The smallest absolute Gasteiger partial charge is 0.338 e. The van der Waals surface area contributed by atoms with Gasteiger partial charge in [-0.25, -0.2) is 4.79 Å². The first-order valence-electron chi connectivity index (χ1n) is 6.90. The summed E-state index contributed by atoms with van der Waals surface area (Å²) in [7, 11) is 0. The van der Waals surface area contributed by atoms with Gasteiger partial charge in [0.25, 0.3) is 0 Å². The number of hydrogen-bond donors (Lipinski definition) is 0. The van der Waals surface area contributed by atoms with E-state index in [1.807, 2.05) is 31.2 Å². The first-order valence-corrected chi connectivity index (χ1v) is 6.90. The summed E-state index contributed by atoms with van der Waals surface area (Å²) in [6.45, 7) is 2.36. The van der Waals surface area contributed by atoms with E-state index in [-0.39, 0.29) is 18.2 Å². The Hall–Kier alpha value is -1.94. The average molecular weight is 271 g/mol. The highest BCUT2D eigenvalue weighted by atomic mass is 16.6. The fourth-order valence-corrected chi connectivity index (χ4v) is 2.54. The van der Waals surface area contributed by atoms with E-state index in [0.717, 1.165) is 23.7 Å². The quantitative estimate of drug-likeness (QED) is 0.805. The highest BCUT2D eigenvalue weighted by molar-refractivity contribution is 6.03. The molecule has 1 saturated heterocycles. The summed E-state index contributed by atoms with van der Waals surface area (Å²) < 4.78 is 11.0. The molecule has 0 aliphatic carbocycles. The zero-order chi connectivity index (χ0) is 13.9. The molecule has 0 radical (unpaired) electrons. The number of carbonyl (C=O) groups is 1. The van der Waals surface area contributed by atoms with Crippen molar-refractivity contribution in [3.8, 4) is 0 Å². The minimum atomic E-state index is -0.313. The monoisotopic (exact) mass is 271 g/mol. The minimum absolute atomic E-state index is 0.0297. The van der Waals surface area contributed by atoms with Gasteiger partial charge in [-0.2, -0.15) is 0 Å². The van der Waals surface area contributed by atoms with Crippen LogP contribution in [0.1, 0.15) is 30.1 Å². The first-order chi connectivity index (χ1) is 9.74. The second kappa shape index (κ2) is 5.59. The Kier molecular flexibility index (Phi) is 3.65. The van der Waals surface area contributed by atoms with E-state index >= 15 is 0 Å². The van der Waals surface area contributed by atoms with Crippen molar-refractivity contribution in [1.29, 1.82) is 0 Å². The van der Waals surface area contributed by atoms with E-state index in [1.165, 1.54) is 0 Å². The van der Waals surface area contributed by atoms with Crippen molar-refractivity contribution in [1.82, 2.24) is 4.98 Å². The molecular formula is C16H17NO3. The van der Waals surface area contributed by atoms with Crippen LogP contribution in [-0.4, -0.2) is 29.8 Å². The molecule has 2 atom stereocenters. The van der Waals surface area contributed by atoms with Crippen molar-refractivity contribution in [2.24, 2.45) is 0 Å². The molecule has 1 aliphatic rings. The molecule has 20 heavy (non-hydrogen) atoms. The van der Waals surface area contributed by atoms with Gasteiger partial charge in [-0.15, -0.1) is 0 Å². The van der Waals surface area contributed by atoms with Crippen LogP contribution in [0.3, 0.4) is 0 Å². The van der Waals surface area contributed by atoms with Gasteiger partial charge in [0, 0.05) is 11.6 Å². The summed E-state index contributed by atoms with van der Waals surface area (Å²) in [5.74, 6) is -0.313. The van der Waals surface area contributed by atoms with Crippen LogP contribution in [-0.2, 0) is 9.47 Å². The molecule has 0 saturated carbocycles. The summed E-state index contributed by atoms with van der Waals surface area (Å²) in [4.78, 5) is 16.4. The largest absolute Gasteiger partial charge is 0.459 e. The lowest BCUT2D eigenvalue weighted by molar-refractivity contribution is -0.00254. The lowest BCUT2D eigenvalue weighted by atomic mass is 10.1. The van der Waals surface area contributed by atoms with E-state index in [4.69, 9.17) is 9.47 Å². The van der Waals surface area contributed by atoms with Crippen LogP contribution in [0.4, 0.5) is 0 Å².